The van der Waals surface area contributed by atoms with Crippen molar-refractivity contribution >= 4 is 17.3 Å². The van der Waals surface area contributed by atoms with Crippen LogP contribution in [0.4, 0.5) is 5.69 Å². The molecule has 1 heterocycles. The Bertz CT molecular complexity index is 431. The van der Waals surface area contributed by atoms with Crippen LogP contribution >= 0.6 is 11.6 Å². The van der Waals surface area contributed by atoms with Crippen molar-refractivity contribution in [1.29, 1.82) is 0 Å². The van der Waals surface area contributed by atoms with E-state index in [0.29, 0.717) is 12.4 Å². The first-order valence-electron chi connectivity index (χ1n) is 5.55. The highest BCUT2D eigenvalue weighted by Gasteiger charge is 2.10. The van der Waals surface area contributed by atoms with Crippen LogP contribution in [0.5, 0.6) is 0 Å². The fourth-order valence-electron chi connectivity index (χ4n) is 1.53. The van der Waals surface area contributed by atoms with E-state index < -0.39 is 10.4 Å². The van der Waals surface area contributed by atoms with Gasteiger partial charge in [0.15, 0.2) is 0 Å². The minimum Gasteiger partial charge on any atom is -0.348 e. The van der Waals surface area contributed by atoms with Crippen molar-refractivity contribution in [3.8, 4) is 0 Å². The Hall–Kier alpha value is -1.36. The third-order valence-corrected chi connectivity index (χ3v) is 2.72. The van der Waals surface area contributed by atoms with Gasteiger partial charge in [0.2, 0.25) is 0 Å². The number of hydrogen-bond acceptors (Lipinski definition) is 3. The van der Waals surface area contributed by atoms with Crippen LogP contribution in [0, 0.1) is 10.1 Å². The first-order valence-corrected chi connectivity index (χ1v) is 6.09. The van der Waals surface area contributed by atoms with Gasteiger partial charge in [0.25, 0.3) is 5.43 Å². The predicted octanol–water partition coefficient (Wildman–Crippen LogP) is 2.56. The minimum absolute atomic E-state index is 0.367. The summed E-state index contributed by atoms with van der Waals surface area (Å²) in [6.07, 6.45) is 6.89. The van der Waals surface area contributed by atoms with Gasteiger partial charge in [-0.25, -0.2) is 0 Å². The van der Waals surface area contributed by atoms with E-state index in [2.05, 4.69) is 0 Å². The van der Waals surface area contributed by atoms with E-state index in [-0.39, 0.29) is 5.69 Å². The van der Waals surface area contributed by atoms with Crippen LogP contribution in [-0.2, 0) is 6.54 Å². The topological polar surface area (TPSA) is 65.1 Å². The minimum atomic E-state index is -0.646. The number of hydrogen-bond donors (Lipinski definition) is 0. The predicted molar refractivity (Wildman–Crippen MR) is 66.5 cm³/mol. The molecule has 0 bridgehead atoms. The summed E-state index contributed by atoms with van der Waals surface area (Å²) in [6, 6.07) is 1.23. The van der Waals surface area contributed by atoms with E-state index in [0.717, 1.165) is 25.7 Å². The number of unbranched alkanes of at least 4 members (excludes halogenated alkanes) is 3. The van der Waals surface area contributed by atoms with Crippen LogP contribution in [0.25, 0.3) is 0 Å². The van der Waals surface area contributed by atoms with Crippen LogP contribution in [-0.4, -0.2) is 15.4 Å². The summed E-state index contributed by atoms with van der Waals surface area (Å²) in [6.45, 7) is 0.684. The standard InChI is InChI=1S/C11H15ClN2O3/c12-6-3-1-2-4-7-13-8-5-11(15)10(9-13)14(16)17/h5,8-9H,1-4,6-7H2. The van der Waals surface area contributed by atoms with Crippen molar-refractivity contribution in [1.82, 2.24) is 4.57 Å². The van der Waals surface area contributed by atoms with Crippen LogP contribution in [0.15, 0.2) is 23.3 Å². The number of aromatic nitrogens is 1. The summed E-state index contributed by atoms with van der Waals surface area (Å²) in [5, 5.41) is 10.6. The zero-order valence-electron chi connectivity index (χ0n) is 9.47. The lowest BCUT2D eigenvalue weighted by molar-refractivity contribution is -0.386. The van der Waals surface area contributed by atoms with E-state index in [1.807, 2.05) is 0 Å². The lowest BCUT2D eigenvalue weighted by atomic mass is 10.2. The van der Waals surface area contributed by atoms with Gasteiger partial charge in [0, 0.05) is 24.7 Å². The molecule has 0 aliphatic rings. The van der Waals surface area contributed by atoms with Crippen LogP contribution in [0.3, 0.4) is 0 Å². The van der Waals surface area contributed by atoms with Gasteiger partial charge in [0.05, 0.1) is 11.1 Å². The smallest absolute Gasteiger partial charge is 0.332 e. The van der Waals surface area contributed by atoms with Gasteiger partial charge in [-0.15, -0.1) is 11.6 Å². The quantitative estimate of drug-likeness (QED) is 0.327. The van der Waals surface area contributed by atoms with Crippen molar-refractivity contribution in [2.45, 2.75) is 32.2 Å². The first kappa shape index (κ1) is 13.7. The van der Waals surface area contributed by atoms with Gasteiger partial charge in [-0.05, 0) is 12.8 Å². The summed E-state index contributed by atoms with van der Waals surface area (Å²) in [5.74, 6) is 0.670. The van der Waals surface area contributed by atoms with E-state index in [1.54, 1.807) is 10.8 Å². The largest absolute Gasteiger partial charge is 0.348 e. The molecule has 0 saturated carbocycles. The monoisotopic (exact) mass is 258 g/mol. The molecule has 1 aromatic rings. The number of nitro groups is 1. The van der Waals surface area contributed by atoms with E-state index in [1.165, 1.54) is 12.3 Å². The van der Waals surface area contributed by atoms with E-state index >= 15 is 0 Å². The maximum Gasteiger partial charge on any atom is 0.332 e. The summed E-state index contributed by atoms with van der Waals surface area (Å²) in [5.41, 5.74) is -0.915. The highest BCUT2D eigenvalue weighted by Crippen LogP contribution is 2.06. The van der Waals surface area contributed by atoms with E-state index in [4.69, 9.17) is 11.6 Å². The molecule has 0 saturated heterocycles. The normalized spacial score (nSPS) is 10.4. The lowest BCUT2D eigenvalue weighted by Crippen LogP contribution is -2.11. The molecule has 0 aromatic carbocycles. The van der Waals surface area contributed by atoms with Crippen molar-refractivity contribution in [2.75, 3.05) is 5.88 Å². The molecule has 0 atom stereocenters. The van der Waals surface area contributed by atoms with Crippen LogP contribution in [0.2, 0.25) is 0 Å². The summed E-state index contributed by atoms with van der Waals surface area (Å²) >= 11 is 5.56. The summed E-state index contributed by atoms with van der Waals surface area (Å²) in [4.78, 5) is 21.1. The number of pyridine rings is 1. The molecule has 17 heavy (non-hydrogen) atoms. The molecule has 0 radical (unpaired) electrons. The van der Waals surface area contributed by atoms with Gasteiger partial charge in [0.1, 0.15) is 0 Å². The van der Waals surface area contributed by atoms with Crippen molar-refractivity contribution in [3.63, 3.8) is 0 Å². The third kappa shape index (κ3) is 4.56. The Morgan fingerprint density at radius 3 is 2.65 bits per heavy atom. The molecule has 0 unspecified atom stereocenters. The van der Waals surface area contributed by atoms with Gasteiger partial charge < -0.3 is 4.57 Å². The molecule has 1 rings (SSSR count). The van der Waals surface area contributed by atoms with Gasteiger partial charge >= 0.3 is 5.69 Å². The average molecular weight is 259 g/mol. The third-order valence-electron chi connectivity index (χ3n) is 2.45. The fraction of sp³-hybridized carbons (Fsp3) is 0.545. The maximum atomic E-state index is 11.2. The van der Waals surface area contributed by atoms with Gasteiger partial charge in [-0.3, -0.25) is 14.9 Å². The molecule has 0 aliphatic carbocycles. The number of alkyl halides is 1. The second-order valence-electron chi connectivity index (χ2n) is 3.79. The van der Waals surface area contributed by atoms with Crippen LogP contribution < -0.4 is 5.43 Å². The summed E-state index contributed by atoms with van der Waals surface area (Å²) < 4.78 is 1.68. The Labute approximate surface area is 104 Å². The second-order valence-corrected chi connectivity index (χ2v) is 4.17. The second kappa shape index (κ2) is 7.06. The number of rotatable bonds is 7. The highest BCUT2D eigenvalue weighted by atomic mass is 35.5. The van der Waals surface area contributed by atoms with Crippen molar-refractivity contribution in [3.05, 3.63) is 38.8 Å². The highest BCUT2D eigenvalue weighted by molar-refractivity contribution is 6.17. The molecule has 0 amide bonds. The molecular formula is C11H15ClN2O3. The zero-order chi connectivity index (χ0) is 12.7. The number of nitrogens with zero attached hydrogens (tertiary/aromatic N) is 2. The van der Waals surface area contributed by atoms with Crippen molar-refractivity contribution in [2.24, 2.45) is 0 Å². The molecule has 5 nitrogen and oxygen atoms in total. The molecule has 0 N–H and O–H groups in total. The fourth-order valence-corrected chi connectivity index (χ4v) is 1.72. The lowest BCUT2D eigenvalue weighted by Gasteiger charge is -2.05. The number of aryl methyl sites for hydroxylation is 1. The molecule has 6 heteroatoms. The Kier molecular flexibility index (Phi) is 5.69. The molecule has 94 valence electrons. The Morgan fingerprint density at radius 2 is 2.00 bits per heavy atom. The zero-order valence-corrected chi connectivity index (χ0v) is 10.2. The molecule has 1 aromatic heterocycles. The first-order chi connectivity index (χ1) is 8.15. The molecule has 0 spiro atoms. The van der Waals surface area contributed by atoms with Crippen LogP contribution in [0.1, 0.15) is 25.7 Å². The SMILES string of the molecule is O=c1ccn(CCCCCCCl)cc1[N+](=O)[O-]. The van der Waals surface area contributed by atoms with Crippen molar-refractivity contribution < 1.29 is 4.92 Å². The number of halogens is 1. The summed E-state index contributed by atoms with van der Waals surface area (Å²) in [7, 11) is 0. The molecule has 0 aliphatic heterocycles. The molecular weight excluding hydrogens is 244 g/mol. The average Bonchev–Trinajstić information content (AvgIpc) is 2.30. The maximum absolute atomic E-state index is 11.2. The van der Waals surface area contributed by atoms with E-state index in [9.17, 15) is 14.9 Å². The van der Waals surface area contributed by atoms with Gasteiger partial charge in [-0.1, -0.05) is 12.8 Å². The van der Waals surface area contributed by atoms with Gasteiger partial charge in [-0.2, -0.15) is 0 Å². The Balaban J connectivity index is 2.52. The Morgan fingerprint density at radius 1 is 1.29 bits per heavy atom. The molecule has 0 fully saturated rings.